The molecule has 0 spiro atoms. The lowest BCUT2D eigenvalue weighted by atomic mass is 9.84. The van der Waals surface area contributed by atoms with Crippen LogP contribution in [0.2, 0.25) is 0 Å². The van der Waals surface area contributed by atoms with Crippen molar-refractivity contribution >= 4 is 11.8 Å². The summed E-state index contributed by atoms with van der Waals surface area (Å²) in [5.74, 6) is 0.230. The summed E-state index contributed by atoms with van der Waals surface area (Å²) in [5.41, 5.74) is -1.56. The molecule has 0 radical (unpaired) electrons. The van der Waals surface area contributed by atoms with E-state index in [2.05, 4.69) is 10.4 Å². The van der Waals surface area contributed by atoms with E-state index < -0.39 is 11.1 Å². The first-order valence-electron chi connectivity index (χ1n) is 7.48. The molecule has 21 heavy (non-hydrogen) atoms. The topological polar surface area (TPSA) is 67.2 Å². The van der Waals surface area contributed by atoms with E-state index in [4.69, 9.17) is 0 Å². The minimum atomic E-state index is -0.838. The number of piperazine rings is 1. The Balaban J connectivity index is 1.86. The van der Waals surface area contributed by atoms with Crippen molar-refractivity contribution in [3.05, 3.63) is 18.5 Å². The Hall–Kier alpha value is -1.85. The average Bonchev–Trinajstić information content (AvgIpc) is 3.15. The van der Waals surface area contributed by atoms with Crippen LogP contribution in [0, 0.1) is 5.92 Å². The number of hydrogen-bond donors (Lipinski definition) is 1. The number of carbonyl (C=O) groups excluding carboxylic acids is 2. The van der Waals surface area contributed by atoms with Crippen LogP contribution in [-0.4, -0.2) is 44.1 Å². The summed E-state index contributed by atoms with van der Waals surface area (Å²) in [6.07, 6.45) is 5.61. The first-order valence-corrected chi connectivity index (χ1v) is 7.48. The van der Waals surface area contributed by atoms with Gasteiger partial charge in [-0.1, -0.05) is 0 Å². The predicted octanol–water partition coefficient (Wildman–Crippen LogP) is 0.789. The lowest BCUT2D eigenvalue weighted by Crippen LogP contribution is -2.74. The fourth-order valence-corrected chi connectivity index (χ4v) is 3.15. The molecule has 2 amide bonds. The third-order valence-corrected chi connectivity index (χ3v) is 4.71. The number of nitrogens with one attached hydrogen (secondary N) is 1. The number of carbonyl (C=O) groups is 2. The van der Waals surface area contributed by atoms with Gasteiger partial charge in [0, 0.05) is 18.9 Å². The van der Waals surface area contributed by atoms with Crippen LogP contribution in [0.3, 0.4) is 0 Å². The van der Waals surface area contributed by atoms with Crippen molar-refractivity contribution in [1.29, 1.82) is 0 Å². The highest BCUT2D eigenvalue weighted by atomic mass is 16.2. The Kier molecular flexibility index (Phi) is 3.07. The number of rotatable bonds is 4. The van der Waals surface area contributed by atoms with Crippen LogP contribution in [0.5, 0.6) is 0 Å². The maximum Gasteiger partial charge on any atom is 0.248 e. The van der Waals surface area contributed by atoms with Gasteiger partial charge in [0.25, 0.3) is 0 Å². The molecule has 1 aromatic rings. The van der Waals surface area contributed by atoms with Crippen LogP contribution < -0.4 is 5.32 Å². The Morgan fingerprint density at radius 1 is 1.29 bits per heavy atom. The molecule has 1 N–H and O–H groups in total. The van der Waals surface area contributed by atoms with Crippen LogP contribution in [0.15, 0.2) is 18.5 Å². The zero-order valence-electron chi connectivity index (χ0n) is 12.8. The molecule has 6 heteroatoms. The molecule has 0 aromatic carbocycles. The third kappa shape index (κ3) is 2.22. The quantitative estimate of drug-likeness (QED) is 0.891. The van der Waals surface area contributed by atoms with Gasteiger partial charge in [0.05, 0.1) is 6.54 Å². The summed E-state index contributed by atoms with van der Waals surface area (Å²) in [7, 11) is 0. The number of amides is 2. The van der Waals surface area contributed by atoms with Crippen molar-refractivity contribution in [3.63, 3.8) is 0 Å². The summed E-state index contributed by atoms with van der Waals surface area (Å²) < 4.78 is 1.79. The fourth-order valence-electron chi connectivity index (χ4n) is 3.15. The van der Waals surface area contributed by atoms with Crippen molar-refractivity contribution < 1.29 is 9.59 Å². The zero-order valence-corrected chi connectivity index (χ0v) is 12.8. The minimum Gasteiger partial charge on any atom is -0.340 e. The summed E-state index contributed by atoms with van der Waals surface area (Å²) >= 11 is 0. The molecule has 6 nitrogen and oxygen atoms in total. The van der Waals surface area contributed by atoms with Crippen molar-refractivity contribution in [2.45, 2.75) is 51.2 Å². The van der Waals surface area contributed by atoms with Gasteiger partial charge in [-0.05, 0) is 45.6 Å². The zero-order chi connectivity index (χ0) is 15.3. The Morgan fingerprint density at radius 3 is 2.57 bits per heavy atom. The maximum absolute atomic E-state index is 12.8. The van der Waals surface area contributed by atoms with E-state index in [1.54, 1.807) is 29.6 Å². The van der Waals surface area contributed by atoms with Crippen LogP contribution in [0.25, 0.3) is 0 Å². The van der Waals surface area contributed by atoms with Gasteiger partial charge in [-0.2, -0.15) is 5.10 Å². The van der Waals surface area contributed by atoms with E-state index in [1.165, 1.54) is 0 Å². The standard InChI is InChI=1S/C15H22N4O2/c1-14(2)13(21)19(10-9-18-8-4-7-16-18)15(3,11-5-6-11)12(20)17-14/h4,7-8,11H,5-6,9-10H2,1-3H3,(H,17,20). The van der Waals surface area contributed by atoms with Crippen LogP contribution in [0.4, 0.5) is 0 Å². The monoisotopic (exact) mass is 290 g/mol. The van der Waals surface area contributed by atoms with Gasteiger partial charge in [0.15, 0.2) is 0 Å². The van der Waals surface area contributed by atoms with Crippen molar-refractivity contribution in [1.82, 2.24) is 20.0 Å². The van der Waals surface area contributed by atoms with Gasteiger partial charge in [-0.3, -0.25) is 14.3 Å². The van der Waals surface area contributed by atoms with Crippen molar-refractivity contribution in [2.24, 2.45) is 5.92 Å². The molecule has 2 aliphatic rings. The molecular formula is C15H22N4O2. The largest absolute Gasteiger partial charge is 0.340 e. The molecule has 1 aliphatic carbocycles. The first kappa shape index (κ1) is 14.1. The highest BCUT2D eigenvalue weighted by Gasteiger charge is 2.58. The number of hydrogen-bond acceptors (Lipinski definition) is 3. The molecule has 1 atom stereocenters. The normalized spacial score (nSPS) is 28.6. The van der Waals surface area contributed by atoms with E-state index in [-0.39, 0.29) is 17.7 Å². The molecule has 114 valence electrons. The van der Waals surface area contributed by atoms with E-state index in [0.717, 1.165) is 12.8 Å². The molecular weight excluding hydrogens is 268 g/mol. The van der Waals surface area contributed by atoms with E-state index in [0.29, 0.717) is 13.1 Å². The molecule has 1 aromatic heterocycles. The van der Waals surface area contributed by atoms with Gasteiger partial charge >= 0.3 is 0 Å². The van der Waals surface area contributed by atoms with E-state index in [1.807, 2.05) is 19.2 Å². The molecule has 1 aliphatic heterocycles. The van der Waals surface area contributed by atoms with Gasteiger partial charge in [0.1, 0.15) is 11.1 Å². The molecule has 0 bridgehead atoms. The maximum atomic E-state index is 12.8. The lowest BCUT2D eigenvalue weighted by molar-refractivity contribution is -0.162. The van der Waals surface area contributed by atoms with Gasteiger partial charge < -0.3 is 10.2 Å². The van der Waals surface area contributed by atoms with Crippen LogP contribution in [0.1, 0.15) is 33.6 Å². The molecule has 2 heterocycles. The Morgan fingerprint density at radius 2 is 2.00 bits per heavy atom. The molecule has 3 rings (SSSR count). The van der Waals surface area contributed by atoms with Crippen molar-refractivity contribution in [2.75, 3.05) is 6.54 Å². The second-order valence-corrected chi connectivity index (χ2v) is 6.73. The fraction of sp³-hybridized carbons (Fsp3) is 0.667. The van der Waals surface area contributed by atoms with Crippen molar-refractivity contribution in [3.8, 4) is 0 Å². The highest BCUT2D eigenvalue weighted by Crippen LogP contribution is 2.45. The molecule has 1 unspecified atom stereocenters. The highest BCUT2D eigenvalue weighted by molar-refractivity contribution is 6.02. The second-order valence-electron chi connectivity index (χ2n) is 6.73. The van der Waals surface area contributed by atoms with Gasteiger partial charge in [-0.25, -0.2) is 0 Å². The number of nitrogens with zero attached hydrogens (tertiary/aromatic N) is 3. The van der Waals surface area contributed by atoms with Crippen LogP contribution >= 0.6 is 0 Å². The lowest BCUT2D eigenvalue weighted by Gasteiger charge is -2.49. The third-order valence-electron chi connectivity index (χ3n) is 4.71. The molecule has 1 saturated heterocycles. The number of aromatic nitrogens is 2. The molecule has 2 fully saturated rings. The van der Waals surface area contributed by atoms with Crippen LogP contribution in [-0.2, 0) is 16.1 Å². The minimum absolute atomic E-state index is 0.0105. The average molecular weight is 290 g/mol. The van der Waals surface area contributed by atoms with Gasteiger partial charge in [0.2, 0.25) is 11.8 Å². The SMILES string of the molecule is CC1(C)NC(=O)C(C)(C2CC2)N(CCn2cccn2)C1=O. The second kappa shape index (κ2) is 4.58. The summed E-state index contributed by atoms with van der Waals surface area (Å²) in [6.45, 7) is 6.53. The summed E-state index contributed by atoms with van der Waals surface area (Å²) in [6, 6.07) is 1.86. The predicted molar refractivity (Wildman–Crippen MR) is 77.3 cm³/mol. The summed E-state index contributed by atoms with van der Waals surface area (Å²) in [4.78, 5) is 27.2. The smallest absolute Gasteiger partial charge is 0.248 e. The van der Waals surface area contributed by atoms with Gasteiger partial charge in [-0.15, -0.1) is 0 Å². The Bertz CT molecular complexity index is 562. The summed E-state index contributed by atoms with van der Waals surface area (Å²) in [5, 5.41) is 7.06. The van der Waals surface area contributed by atoms with E-state index in [9.17, 15) is 9.59 Å². The first-order chi connectivity index (χ1) is 9.85. The molecule has 1 saturated carbocycles. The van der Waals surface area contributed by atoms with E-state index >= 15 is 0 Å². The Labute approximate surface area is 124 Å².